The van der Waals surface area contributed by atoms with E-state index in [4.69, 9.17) is 0 Å². The Morgan fingerprint density at radius 1 is 1.00 bits per heavy atom. The standard InChI is InChI=1S/C16H11F10N3O/c1-5(4-29-6(2)3-7(28-29)15(21,22)23)14(30)27-13-11(19)9(17)8(16(24,25)26)10(18)12(13)20/h3,5H,4H2,1-2H3,(H,27,30). The Hall–Kier alpha value is -2.80. The average Bonchev–Trinajstić information content (AvgIpc) is 2.96. The van der Waals surface area contributed by atoms with Crippen molar-refractivity contribution in [2.24, 2.45) is 5.92 Å². The summed E-state index contributed by atoms with van der Waals surface area (Å²) in [7, 11) is 0. The normalized spacial score (nSPS) is 13.5. The first-order valence-corrected chi connectivity index (χ1v) is 7.91. The molecule has 1 unspecified atom stereocenters. The molecule has 1 aromatic carbocycles. The quantitative estimate of drug-likeness (QED) is 0.522. The van der Waals surface area contributed by atoms with Gasteiger partial charge in [-0.1, -0.05) is 6.92 Å². The van der Waals surface area contributed by atoms with E-state index in [1.165, 1.54) is 12.2 Å². The van der Waals surface area contributed by atoms with Gasteiger partial charge >= 0.3 is 12.4 Å². The van der Waals surface area contributed by atoms with E-state index in [0.717, 1.165) is 11.6 Å². The van der Waals surface area contributed by atoms with Crippen molar-refractivity contribution in [3.05, 3.63) is 46.3 Å². The molecule has 1 atom stereocenters. The summed E-state index contributed by atoms with van der Waals surface area (Å²) in [5.74, 6) is -13.2. The highest BCUT2D eigenvalue weighted by Gasteiger charge is 2.42. The van der Waals surface area contributed by atoms with Crippen molar-refractivity contribution in [3.8, 4) is 0 Å². The molecule has 0 aliphatic rings. The minimum atomic E-state index is -5.75. The number of rotatable bonds is 4. The Balaban J connectivity index is 2.29. The number of carbonyl (C=O) groups excluding carboxylic acids is 1. The minimum absolute atomic E-state index is 0.0223. The molecule has 0 saturated heterocycles. The number of amides is 1. The maximum Gasteiger partial charge on any atom is 0.435 e. The second-order valence-corrected chi connectivity index (χ2v) is 6.24. The number of nitrogens with zero attached hydrogens (tertiary/aromatic N) is 2. The first kappa shape index (κ1) is 23.5. The second kappa shape index (κ2) is 7.80. The zero-order valence-electron chi connectivity index (χ0n) is 14.9. The van der Waals surface area contributed by atoms with Gasteiger partial charge in [0.1, 0.15) is 11.3 Å². The number of benzene rings is 1. The molecular weight excluding hydrogens is 440 g/mol. The summed E-state index contributed by atoms with van der Waals surface area (Å²) in [6.45, 7) is 1.77. The summed E-state index contributed by atoms with van der Waals surface area (Å²) in [5.41, 5.74) is -5.90. The third-order valence-corrected chi connectivity index (χ3v) is 3.96. The van der Waals surface area contributed by atoms with Gasteiger partial charge in [-0.05, 0) is 13.0 Å². The Kier molecular flexibility index (Phi) is 6.10. The van der Waals surface area contributed by atoms with Gasteiger partial charge in [-0.2, -0.15) is 31.4 Å². The van der Waals surface area contributed by atoms with Gasteiger partial charge in [0.15, 0.2) is 29.0 Å². The van der Waals surface area contributed by atoms with Crippen LogP contribution in [0.15, 0.2) is 6.07 Å². The van der Waals surface area contributed by atoms with E-state index in [0.29, 0.717) is 6.07 Å². The first-order chi connectivity index (χ1) is 13.6. The lowest BCUT2D eigenvalue weighted by molar-refractivity contribution is -0.143. The molecule has 1 aromatic heterocycles. The maximum atomic E-state index is 13.8. The van der Waals surface area contributed by atoms with Crippen LogP contribution < -0.4 is 5.32 Å². The van der Waals surface area contributed by atoms with Crippen molar-refractivity contribution in [2.75, 3.05) is 5.32 Å². The molecule has 1 N–H and O–H groups in total. The van der Waals surface area contributed by atoms with Crippen molar-refractivity contribution in [2.45, 2.75) is 32.7 Å². The van der Waals surface area contributed by atoms with Crippen LogP contribution in [0, 0.1) is 36.1 Å². The molecule has 2 aromatic rings. The fourth-order valence-electron chi connectivity index (χ4n) is 2.41. The molecule has 1 amide bonds. The molecule has 0 bridgehead atoms. The van der Waals surface area contributed by atoms with Crippen molar-refractivity contribution in [1.82, 2.24) is 9.78 Å². The Bertz CT molecular complexity index is 948. The number of anilines is 1. The Labute approximate surface area is 161 Å². The zero-order chi connectivity index (χ0) is 23.2. The number of hydrogen-bond donors (Lipinski definition) is 1. The van der Waals surface area contributed by atoms with Crippen LogP contribution in [0.2, 0.25) is 0 Å². The van der Waals surface area contributed by atoms with Gasteiger partial charge in [0, 0.05) is 5.69 Å². The number of halogens is 10. The van der Waals surface area contributed by atoms with E-state index in [1.54, 1.807) is 0 Å². The summed E-state index contributed by atoms with van der Waals surface area (Å²) >= 11 is 0. The number of aromatic nitrogens is 2. The van der Waals surface area contributed by atoms with Crippen LogP contribution in [-0.4, -0.2) is 15.7 Å². The predicted octanol–water partition coefficient (Wildman–Crippen LogP) is 5.06. The fraction of sp³-hybridized carbons (Fsp3) is 0.375. The lowest BCUT2D eigenvalue weighted by Crippen LogP contribution is -2.27. The van der Waals surface area contributed by atoms with Crippen molar-refractivity contribution < 1.29 is 48.7 Å². The average molecular weight is 451 g/mol. The van der Waals surface area contributed by atoms with Gasteiger partial charge in [0.05, 0.1) is 12.5 Å². The zero-order valence-corrected chi connectivity index (χ0v) is 14.9. The first-order valence-electron chi connectivity index (χ1n) is 7.91. The maximum absolute atomic E-state index is 13.8. The molecule has 2 rings (SSSR count). The Morgan fingerprint density at radius 3 is 1.90 bits per heavy atom. The van der Waals surface area contributed by atoms with Crippen LogP contribution in [0.5, 0.6) is 0 Å². The van der Waals surface area contributed by atoms with E-state index in [-0.39, 0.29) is 5.69 Å². The third kappa shape index (κ3) is 4.51. The largest absolute Gasteiger partial charge is 0.435 e. The molecule has 0 aliphatic carbocycles. The van der Waals surface area contributed by atoms with E-state index in [2.05, 4.69) is 5.10 Å². The smallest absolute Gasteiger partial charge is 0.321 e. The van der Waals surface area contributed by atoms with Gasteiger partial charge in [0.2, 0.25) is 5.91 Å². The molecule has 0 aliphatic heterocycles. The lowest BCUT2D eigenvalue weighted by Gasteiger charge is -2.17. The molecule has 0 radical (unpaired) electrons. The minimum Gasteiger partial charge on any atom is -0.321 e. The van der Waals surface area contributed by atoms with Crippen LogP contribution in [0.1, 0.15) is 23.9 Å². The van der Waals surface area contributed by atoms with Crippen molar-refractivity contribution in [3.63, 3.8) is 0 Å². The SMILES string of the molecule is Cc1cc(C(F)(F)F)nn1CC(C)C(=O)Nc1c(F)c(F)c(C(F)(F)F)c(F)c1F. The molecule has 0 fully saturated rings. The summed E-state index contributed by atoms with van der Waals surface area (Å²) in [5, 5.41) is 4.65. The molecule has 14 heteroatoms. The van der Waals surface area contributed by atoms with Gasteiger partial charge in [-0.25, -0.2) is 17.6 Å². The van der Waals surface area contributed by atoms with Gasteiger partial charge in [-0.15, -0.1) is 0 Å². The molecule has 0 saturated carbocycles. The van der Waals surface area contributed by atoms with E-state index >= 15 is 0 Å². The molecule has 0 spiro atoms. The monoisotopic (exact) mass is 451 g/mol. The highest BCUT2D eigenvalue weighted by atomic mass is 19.4. The fourth-order valence-corrected chi connectivity index (χ4v) is 2.41. The number of nitrogens with one attached hydrogen (secondary N) is 1. The highest BCUT2D eigenvalue weighted by molar-refractivity contribution is 5.92. The second-order valence-electron chi connectivity index (χ2n) is 6.24. The van der Waals surface area contributed by atoms with E-state index in [9.17, 15) is 48.7 Å². The van der Waals surface area contributed by atoms with Crippen LogP contribution in [0.3, 0.4) is 0 Å². The summed E-state index contributed by atoms with van der Waals surface area (Å²) < 4.78 is 131. The Morgan fingerprint density at radius 2 is 1.50 bits per heavy atom. The molecule has 4 nitrogen and oxygen atoms in total. The number of alkyl halides is 6. The molecule has 1 heterocycles. The predicted molar refractivity (Wildman–Crippen MR) is 81.0 cm³/mol. The van der Waals surface area contributed by atoms with E-state index < -0.39 is 70.9 Å². The van der Waals surface area contributed by atoms with Crippen LogP contribution in [0.25, 0.3) is 0 Å². The number of hydrogen-bond acceptors (Lipinski definition) is 2. The molecular formula is C16H11F10N3O. The topological polar surface area (TPSA) is 46.9 Å². The highest BCUT2D eigenvalue weighted by Crippen LogP contribution is 2.38. The van der Waals surface area contributed by atoms with Crippen LogP contribution in [-0.2, 0) is 23.7 Å². The van der Waals surface area contributed by atoms with Gasteiger partial charge < -0.3 is 5.32 Å². The van der Waals surface area contributed by atoms with Gasteiger partial charge in [-0.3, -0.25) is 9.48 Å². The summed E-state index contributed by atoms with van der Waals surface area (Å²) in [4.78, 5) is 12.1. The summed E-state index contributed by atoms with van der Waals surface area (Å²) in [6.07, 6.45) is -10.5. The van der Waals surface area contributed by atoms with Crippen molar-refractivity contribution in [1.29, 1.82) is 0 Å². The third-order valence-electron chi connectivity index (χ3n) is 3.96. The number of aryl methyl sites for hydroxylation is 1. The molecule has 166 valence electrons. The van der Waals surface area contributed by atoms with Crippen LogP contribution >= 0.6 is 0 Å². The number of carbonyl (C=O) groups is 1. The summed E-state index contributed by atoms with van der Waals surface area (Å²) in [6, 6.07) is 0.671. The van der Waals surface area contributed by atoms with Gasteiger partial charge in [0.25, 0.3) is 0 Å². The van der Waals surface area contributed by atoms with Crippen molar-refractivity contribution >= 4 is 11.6 Å². The van der Waals surface area contributed by atoms with Crippen LogP contribution in [0.4, 0.5) is 49.6 Å². The molecule has 30 heavy (non-hydrogen) atoms. The van der Waals surface area contributed by atoms with E-state index in [1.807, 2.05) is 0 Å². The lowest BCUT2D eigenvalue weighted by atomic mass is 10.1.